The molecule has 6 nitrogen and oxygen atoms in total. The largest absolute Gasteiger partial charge is 0.493 e. The van der Waals surface area contributed by atoms with Gasteiger partial charge in [0.2, 0.25) is 5.91 Å². The molecule has 0 atom stereocenters. The third-order valence-electron chi connectivity index (χ3n) is 4.10. The number of hydrogen-bond acceptors (Lipinski definition) is 6. The number of nitrogens with zero attached hydrogens (tertiary/aromatic N) is 1. The van der Waals surface area contributed by atoms with Crippen LogP contribution in [0, 0.1) is 0 Å². The van der Waals surface area contributed by atoms with Crippen LogP contribution in [-0.2, 0) is 4.79 Å². The SMILES string of the molecule is COc1ccc(-c2csc(NC(=O)CCC(=O)c3ccccc3)n2)cc1OC. The lowest BCUT2D eigenvalue weighted by molar-refractivity contribution is -0.116. The van der Waals surface area contributed by atoms with Gasteiger partial charge in [0.25, 0.3) is 0 Å². The Bertz CT molecular complexity index is 970. The van der Waals surface area contributed by atoms with Crippen molar-refractivity contribution in [3.8, 4) is 22.8 Å². The lowest BCUT2D eigenvalue weighted by atomic mass is 10.1. The van der Waals surface area contributed by atoms with Crippen molar-refractivity contribution < 1.29 is 19.1 Å². The topological polar surface area (TPSA) is 77.5 Å². The predicted molar refractivity (Wildman–Crippen MR) is 109 cm³/mol. The number of thiazole rings is 1. The van der Waals surface area contributed by atoms with Gasteiger partial charge in [-0.3, -0.25) is 9.59 Å². The van der Waals surface area contributed by atoms with Crippen LogP contribution in [0.5, 0.6) is 11.5 Å². The number of carbonyl (C=O) groups is 2. The molecule has 2 aromatic carbocycles. The lowest BCUT2D eigenvalue weighted by Crippen LogP contribution is -2.13. The Hall–Kier alpha value is -3.19. The molecule has 1 heterocycles. The van der Waals surface area contributed by atoms with Crippen molar-refractivity contribution >= 4 is 28.2 Å². The van der Waals surface area contributed by atoms with Gasteiger partial charge in [-0.2, -0.15) is 0 Å². The number of benzene rings is 2. The molecule has 0 unspecified atom stereocenters. The number of carbonyl (C=O) groups excluding carboxylic acids is 2. The van der Waals surface area contributed by atoms with Crippen LogP contribution in [0.1, 0.15) is 23.2 Å². The summed E-state index contributed by atoms with van der Waals surface area (Å²) in [5.74, 6) is 0.953. The maximum atomic E-state index is 12.1. The summed E-state index contributed by atoms with van der Waals surface area (Å²) in [5.41, 5.74) is 2.19. The fraction of sp³-hybridized carbons (Fsp3) is 0.190. The van der Waals surface area contributed by atoms with Gasteiger partial charge < -0.3 is 14.8 Å². The molecule has 7 heteroatoms. The number of aromatic nitrogens is 1. The molecule has 0 saturated carbocycles. The van der Waals surface area contributed by atoms with Crippen LogP contribution in [0.25, 0.3) is 11.3 Å². The monoisotopic (exact) mass is 396 g/mol. The molecule has 0 fully saturated rings. The first-order valence-electron chi connectivity index (χ1n) is 8.66. The number of amides is 1. The van der Waals surface area contributed by atoms with E-state index in [9.17, 15) is 9.59 Å². The highest BCUT2D eigenvalue weighted by atomic mass is 32.1. The normalized spacial score (nSPS) is 10.4. The number of methoxy groups -OCH3 is 2. The van der Waals surface area contributed by atoms with Gasteiger partial charge in [-0.25, -0.2) is 4.98 Å². The van der Waals surface area contributed by atoms with E-state index in [2.05, 4.69) is 10.3 Å². The highest BCUT2D eigenvalue weighted by Crippen LogP contribution is 2.33. The maximum Gasteiger partial charge on any atom is 0.226 e. The molecule has 0 saturated heterocycles. The van der Waals surface area contributed by atoms with Gasteiger partial charge in [-0.05, 0) is 18.2 Å². The van der Waals surface area contributed by atoms with Crippen molar-refractivity contribution in [2.24, 2.45) is 0 Å². The molecule has 0 bridgehead atoms. The van der Waals surface area contributed by atoms with E-state index in [1.807, 2.05) is 23.6 Å². The van der Waals surface area contributed by atoms with Crippen LogP contribution in [0.3, 0.4) is 0 Å². The van der Waals surface area contributed by atoms with E-state index >= 15 is 0 Å². The summed E-state index contributed by atoms with van der Waals surface area (Å²) >= 11 is 1.33. The Morgan fingerprint density at radius 3 is 2.46 bits per heavy atom. The number of ether oxygens (including phenoxy) is 2. The molecule has 1 N–H and O–H groups in total. The van der Waals surface area contributed by atoms with E-state index in [1.54, 1.807) is 44.6 Å². The molecule has 0 aliphatic carbocycles. The second-order valence-electron chi connectivity index (χ2n) is 5.95. The van der Waals surface area contributed by atoms with Gasteiger partial charge in [0.1, 0.15) is 0 Å². The molecule has 0 aliphatic heterocycles. The second-order valence-corrected chi connectivity index (χ2v) is 6.80. The average Bonchev–Trinajstić information content (AvgIpc) is 3.20. The number of rotatable bonds is 8. The summed E-state index contributed by atoms with van der Waals surface area (Å²) in [7, 11) is 3.15. The van der Waals surface area contributed by atoms with Gasteiger partial charge in [-0.15, -0.1) is 11.3 Å². The number of anilines is 1. The van der Waals surface area contributed by atoms with E-state index in [4.69, 9.17) is 9.47 Å². The van der Waals surface area contributed by atoms with Gasteiger partial charge in [0.05, 0.1) is 19.9 Å². The number of Topliss-reactive ketones (excluding diaryl/α,β-unsaturated/α-hetero) is 1. The van der Waals surface area contributed by atoms with Crippen LogP contribution in [0.4, 0.5) is 5.13 Å². The lowest BCUT2D eigenvalue weighted by Gasteiger charge is -2.08. The first kappa shape index (κ1) is 19.6. The van der Waals surface area contributed by atoms with Gasteiger partial charge in [0.15, 0.2) is 22.4 Å². The Morgan fingerprint density at radius 1 is 1.00 bits per heavy atom. The van der Waals surface area contributed by atoms with E-state index in [0.717, 1.165) is 11.3 Å². The summed E-state index contributed by atoms with van der Waals surface area (Å²) in [5, 5.41) is 5.09. The molecule has 144 valence electrons. The van der Waals surface area contributed by atoms with Crippen molar-refractivity contribution in [3.05, 3.63) is 59.5 Å². The zero-order valence-electron chi connectivity index (χ0n) is 15.6. The minimum absolute atomic E-state index is 0.0547. The van der Waals surface area contributed by atoms with Gasteiger partial charge in [0, 0.05) is 29.3 Å². The van der Waals surface area contributed by atoms with Crippen LogP contribution < -0.4 is 14.8 Å². The Labute approximate surface area is 167 Å². The Morgan fingerprint density at radius 2 is 1.75 bits per heavy atom. The fourth-order valence-electron chi connectivity index (χ4n) is 2.64. The molecule has 0 aliphatic rings. The molecule has 1 amide bonds. The highest BCUT2D eigenvalue weighted by Gasteiger charge is 2.13. The van der Waals surface area contributed by atoms with Crippen LogP contribution >= 0.6 is 11.3 Å². The molecular weight excluding hydrogens is 376 g/mol. The molecule has 0 radical (unpaired) electrons. The first-order chi connectivity index (χ1) is 13.6. The van der Waals surface area contributed by atoms with Crippen molar-refractivity contribution in [2.45, 2.75) is 12.8 Å². The molecule has 1 aromatic heterocycles. The molecule has 0 spiro atoms. The van der Waals surface area contributed by atoms with E-state index in [1.165, 1.54) is 11.3 Å². The quantitative estimate of drug-likeness (QED) is 0.570. The van der Waals surface area contributed by atoms with Crippen LogP contribution in [0.15, 0.2) is 53.9 Å². The summed E-state index contributed by atoms with van der Waals surface area (Å²) in [6.07, 6.45) is 0.267. The predicted octanol–water partition coefficient (Wildman–Crippen LogP) is 4.43. The van der Waals surface area contributed by atoms with Crippen molar-refractivity contribution in [2.75, 3.05) is 19.5 Å². The highest BCUT2D eigenvalue weighted by molar-refractivity contribution is 7.14. The number of hydrogen-bond donors (Lipinski definition) is 1. The van der Waals surface area contributed by atoms with E-state index in [0.29, 0.717) is 22.2 Å². The van der Waals surface area contributed by atoms with E-state index in [-0.39, 0.29) is 24.5 Å². The van der Waals surface area contributed by atoms with Gasteiger partial charge in [-0.1, -0.05) is 30.3 Å². The summed E-state index contributed by atoms with van der Waals surface area (Å²) in [6, 6.07) is 14.5. The third-order valence-corrected chi connectivity index (χ3v) is 4.86. The molecule has 3 rings (SSSR count). The Balaban J connectivity index is 1.60. The first-order valence-corrected chi connectivity index (χ1v) is 9.54. The smallest absolute Gasteiger partial charge is 0.226 e. The molecule has 3 aromatic rings. The van der Waals surface area contributed by atoms with Crippen molar-refractivity contribution in [1.82, 2.24) is 4.98 Å². The second kappa shape index (κ2) is 9.14. The number of nitrogens with one attached hydrogen (secondary N) is 1. The summed E-state index contributed by atoms with van der Waals surface area (Å²) < 4.78 is 10.5. The van der Waals surface area contributed by atoms with E-state index < -0.39 is 0 Å². The maximum absolute atomic E-state index is 12.1. The molecular formula is C21H20N2O4S. The zero-order valence-corrected chi connectivity index (χ0v) is 16.4. The molecule has 28 heavy (non-hydrogen) atoms. The summed E-state index contributed by atoms with van der Waals surface area (Å²) in [6.45, 7) is 0. The zero-order chi connectivity index (χ0) is 19.9. The van der Waals surface area contributed by atoms with Gasteiger partial charge >= 0.3 is 0 Å². The van der Waals surface area contributed by atoms with Crippen molar-refractivity contribution in [1.29, 1.82) is 0 Å². The fourth-order valence-corrected chi connectivity index (χ4v) is 3.37. The van der Waals surface area contributed by atoms with Crippen LogP contribution in [-0.4, -0.2) is 30.9 Å². The standard InChI is InChI=1S/C21H20N2O4S/c1-26-18-10-8-15(12-19(18)27-2)16-13-28-21(22-16)23-20(25)11-9-17(24)14-6-4-3-5-7-14/h3-8,10,12-13H,9,11H2,1-2H3,(H,22,23,25). The minimum Gasteiger partial charge on any atom is -0.493 e. The number of ketones is 1. The van der Waals surface area contributed by atoms with Crippen molar-refractivity contribution in [3.63, 3.8) is 0 Å². The third kappa shape index (κ3) is 4.75. The minimum atomic E-state index is -0.238. The summed E-state index contributed by atoms with van der Waals surface area (Å²) in [4.78, 5) is 28.7. The average molecular weight is 396 g/mol. The Kier molecular flexibility index (Phi) is 6.39. The van der Waals surface area contributed by atoms with Crippen LogP contribution in [0.2, 0.25) is 0 Å².